The largest absolute Gasteiger partial charge is 0.496 e. The Morgan fingerprint density at radius 2 is 1.77 bits per heavy atom. The van der Waals surface area contributed by atoms with Gasteiger partial charge in [0.15, 0.2) is 17.0 Å². The number of hydrogen-bond acceptors (Lipinski definition) is 9. The summed E-state index contributed by atoms with van der Waals surface area (Å²) in [7, 11) is 1.65. The zero-order valence-electron chi connectivity index (χ0n) is 24.8. The number of amides is 2. The number of nitro groups is 1. The van der Waals surface area contributed by atoms with Gasteiger partial charge in [-0.2, -0.15) is 9.97 Å². The Morgan fingerprint density at radius 3 is 2.50 bits per heavy atom. The Morgan fingerprint density at radius 1 is 1.02 bits per heavy atom. The van der Waals surface area contributed by atoms with Gasteiger partial charge in [-0.25, -0.2) is 9.78 Å². The zero-order valence-corrected chi connectivity index (χ0v) is 24.8. The SMILES string of the molecule is COc1ccccc1CNc1nc(N2CCN(C(=O)NC3CCCCC3)CC2)nc2c1ncn2Cc1ccc([N+](=O)[O-])cc1. The molecule has 2 amide bonds. The van der Waals surface area contributed by atoms with E-state index in [1.165, 1.54) is 31.4 Å². The number of methoxy groups -OCH3 is 1. The van der Waals surface area contributed by atoms with Gasteiger partial charge in [0, 0.05) is 56.5 Å². The minimum absolute atomic E-state index is 0.00765. The number of rotatable bonds is 9. The van der Waals surface area contributed by atoms with Crippen LogP contribution in [0.25, 0.3) is 11.2 Å². The van der Waals surface area contributed by atoms with Crippen LogP contribution in [0, 0.1) is 10.1 Å². The van der Waals surface area contributed by atoms with Crippen LogP contribution in [0.15, 0.2) is 54.9 Å². The zero-order chi connectivity index (χ0) is 30.5. The Hall–Kier alpha value is -4.94. The number of anilines is 2. The lowest BCUT2D eigenvalue weighted by Gasteiger charge is -2.36. The monoisotopic (exact) mass is 599 g/mol. The highest BCUT2D eigenvalue weighted by molar-refractivity contribution is 5.84. The van der Waals surface area contributed by atoms with Gasteiger partial charge in [-0.05, 0) is 24.5 Å². The number of fused-ring (bicyclic) bond motifs is 1. The molecule has 2 aromatic carbocycles. The summed E-state index contributed by atoms with van der Waals surface area (Å²) in [5.74, 6) is 1.92. The van der Waals surface area contributed by atoms with Crippen molar-refractivity contribution in [2.75, 3.05) is 43.5 Å². The fourth-order valence-electron chi connectivity index (χ4n) is 5.88. The third-order valence-electron chi connectivity index (χ3n) is 8.37. The fraction of sp³-hybridized carbons (Fsp3) is 0.419. The van der Waals surface area contributed by atoms with Gasteiger partial charge in [-0.15, -0.1) is 0 Å². The van der Waals surface area contributed by atoms with E-state index in [2.05, 4.69) is 20.5 Å². The molecule has 6 rings (SSSR count). The first-order chi connectivity index (χ1) is 21.5. The highest BCUT2D eigenvalue weighted by Crippen LogP contribution is 2.27. The molecule has 44 heavy (non-hydrogen) atoms. The maximum Gasteiger partial charge on any atom is 0.317 e. The van der Waals surface area contributed by atoms with E-state index in [4.69, 9.17) is 14.7 Å². The quantitative estimate of drug-likeness (QED) is 0.209. The van der Waals surface area contributed by atoms with Crippen LogP contribution in [-0.4, -0.2) is 74.7 Å². The van der Waals surface area contributed by atoms with Crippen molar-refractivity contribution in [2.24, 2.45) is 0 Å². The first-order valence-corrected chi connectivity index (χ1v) is 15.1. The lowest BCUT2D eigenvalue weighted by molar-refractivity contribution is -0.384. The molecule has 1 saturated heterocycles. The van der Waals surface area contributed by atoms with Crippen LogP contribution in [0.5, 0.6) is 5.75 Å². The minimum atomic E-state index is -0.408. The van der Waals surface area contributed by atoms with Crippen molar-refractivity contribution in [1.29, 1.82) is 0 Å². The van der Waals surface area contributed by atoms with Crippen molar-refractivity contribution in [1.82, 2.24) is 29.7 Å². The number of ether oxygens (including phenoxy) is 1. The van der Waals surface area contributed by atoms with E-state index in [0.717, 1.165) is 29.7 Å². The van der Waals surface area contributed by atoms with Crippen molar-refractivity contribution in [2.45, 2.75) is 51.2 Å². The molecule has 1 saturated carbocycles. The van der Waals surface area contributed by atoms with Crippen LogP contribution >= 0.6 is 0 Å². The van der Waals surface area contributed by atoms with E-state index >= 15 is 0 Å². The predicted octanol–water partition coefficient (Wildman–Crippen LogP) is 4.57. The number of nitrogens with one attached hydrogen (secondary N) is 2. The number of imidazole rings is 1. The number of piperazine rings is 1. The topological polar surface area (TPSA) is 144 Å². The number of urea groups is 1. The molecule has 0 unspecified atom stereocenters. The van der Waals surface area contributed by atoms with E-state index in [1.807, 2.05) is 33.7 Å². The summed E-state index contributed by atoms with van der Waals surface area (Å²) in [5, 5.41) is 17.8. The summed E-state index contributed by atoms with van der Waals surface area (Å²) >= 11 is 0. The molecule has 2 aromatic heterocycles. The van der Waals surface area contributed by atoms with Crippen LogP contribution < -0.4 is 20.3 Å². The van der Waals surface area contributed by atoms with E-state index in [9.17, 15) is 14.9 Å². The molecule has 13 nitrogen and oxygen atoms in total. The lowest BCUT2D eigenvalue weighted by Crippen LogP contribution is -2.54. The maximum atomic E-state index is 12.9. The molecule has 0 radical (unpaired) electrons. The van der Waals surface area contributed by atoms with Crippen molar-refractivity contribution < 1.29 is 14.5 Å². The number of para-hydroxylation sites is 1. The molecule has 230 valence electrons. The van der Waals surface area contributed by atoms with Crippen molar-refractivity contribution >= 4 is 34.6 Å². The highest BCUT2D eigenvalue weighted by atomic mass is 16.6. The summed E-state index contributed by atoms with van der Waals surface area (Å²) in [5.41, 5.74) is 3.18. The highest BCUT2D eigenvalue weighted by Gasteiger charge is 2.26. The molecular weight excluding hydrogens is 562 g/mol. The van der Waals surface area contributed by atoms with Crippen LogP contribution in [0.2, 0.25) is 0 Å². The van der Waals surface area contributed by atoms with Gasteiger partial charge in [-0.1, -0.05) is 49.6 Å². The molecule has 0 atom stereocenters. The van der Waals surface area contributed by atoms with E-state index in [1.54, 1.807) is 25.6 Å². The fourth-order valence-corrected chi connectivity index (χ4v) is 5.88. The minimum Gasteiger partial charge on any atom is -0.496 e. The van der Waals surface area contributed by atoms with Crippen LogP contribution in [-0.2, 0) is 13.1 Å². The average Bonchev–Trinajstić information content (AvgIpc) is 3.47. The molecule has 1 aliphatic carbocycles. The average molecular weight is 600 g/mol. The van der Waals surface area contributed by atoms with E-state index in [-0.39, 0.29) is 17.8 Å². The molecule has 2 fully saturated rings. The lowest BCUT2D eigenvalue weighted by atomic mass is 9.96. The summed E-state index contributed by atoms with van der Waals surface area (Å²) in [6.45, 7) is 3.27. The van der Waals surface area contributed by atoms with Crippen molar-refractivity contribution in [3.8, 4) is 5.75 Å². The van der Waals surface area contributed by atoms with Gasteiger partial charge in [0.1, 0.15) is 5.75 Å². The normalized spacial score (nSPS) is 15.8. The number of benzene rings is 2. The molecule has 0 bridgehead atoms. The number of aromatic nitrogens is 4. The first kappa shape index (κ1) is 29.1. The Bertz CT molecular complexity index is 1610. The van der Waals surface area contributed by atoms with Gasteiger partial charge < -0.3 is 29.7 Å². The van der Waals surface area contributed by atoms with Gasteiger partial charge >= 0.3 is 6.03 Å². The van der Waals surface area contributed by atoms with E-state index in [0.29, 0.717) is 62.2 Å². The molecule has 2 aliphatic rings. The third-order valence-corrected chi connectivity index (χ3v) is 8.37. The molecule has 2 N–H and O–H groups in total. The van der Waals surface area contributed by atoms with Crippen LogP contribution in [0.1, 0.15) is 43.2 Å². The maximum absolute atomic E-state index is 12.9. The number of nitrogens with zero attached hydrogens (tertiary/aromatic N) is 7. The number of nitro benzene ring substituents is 1. The number of hydrogen-bond donors (Lipinski definition) is 2. The second kappa shape index (κ2) is 13.1. The molecular formula is C31H37N9O4. The molecule has 1 aliphatic heterocycles. The summed E-state index contributed by atoms with van der Waals surface area (Å²) in [4.78, 5) is 42.1. The second-order valence-electron chi connectivity index (χ2n) is 11.3. The van der Waals surface area contributed by atoms with Crippen LogP contribution in [0.3, 0.4) is 0 Å². The summed E-state index contributed by atoms with van der Waals surface area (Å²) in [6.07, 6.45) is 7.42. The van der Waals surface area contributed by atoms with Crippen LogP contribution in [0.4, 0.5) is 22.2 Å². The Labute approximate surface area is 255 Å². The third kappa shape index (κ3) is 6.51. The molecule has 3 heterocycles. The molecule has 4 aromatic rings. The van der Waals surface area contributed by atoms with Gasteiger partial charge in [0.05, 0.1) is 24.9 Å². The second-order valence-corrected chi connectivity index (χ2v) is 11.3. The Balaban J connectivity index is 1.24. The van der Waals surface area contributed by atoms with Gasteiger partial charge in [0.2, 0.25) is 5.95 Å². The van der Waals surface area contributed by atoms with Gasteiger partial charge in [-0.3, -0.25) is 10.1 Å². The first-order valence-electron chi connectivity index (χ1n) is 15.1. The predicted molar refractivity (Wildman–Crippen MR) is 167 cm³/mol. The van der Waals surface area contributed by atoms with Gasteiger partial charge in [0.25, 0.3) is 5.69 Å². The molecule has 13 heteroatoms. The summed E-state index contributed by atoms with van der Waals surface area (Å²) in [6, 6.07) is 14.6. The number of carbonyl (C=O) groups is 1. The summed E-state index contributed by atoms with van der Waals surface area (Å²) < 4.78 is 7.45. The standard InChI is InChI=1S/C31H37N9O4/c1-44-26-10-6-5-7-23(26)19-32-28-27-29(39(21-33-27)20-22-11-13-25(14-12-22)40(42)43)36-30(35-28)37-15-17-38(18-16-37)31(41)34-24-8-3-2-4-9-24/h5-7,10-14,21,24H,2-4,8-9,15-20H2,1H3,(H,34,41)(H,32,35,36). The smallest absolute Gasteiger partial charge is 0.317 e. The van der Waals surface area contributed by atoms with Crippen molar-refractivity contribution in [3.05, 3.63) is 76.1 Å². The van der Waals surface area contributed by atoms with E-state index < -0.39 is 4.92 Å². The number of non-ortho nitro benzene ring substituents is 1. The number of carbonyl (C=O) groups excluding carboxylic acids is 1. The molecule has 0 spiro atoms. The van der Waals surface area contributed by atoms with Crippen molar-refractivity contribution in [3.63, 3.8) is 0 Å². The Kier molecular flexibility index (Phi) is 8.71.